The van der Waals surface area contributed by atoms with Gasteiger partial charge in [-0.05, 0) is 37.3 Å². The van der Waals surface area contributed by atoms with E-state index in [0.717, 1.165) is 4.47 Å². The van der Waals surface area contributed by atoms with Crippen molar-refractivity contribution in [3.63, 3.8) is 0 Å². The van der Waals surface area contributed by atoms with E-state index in [0.29, 0.717) is 5.56 Å². The summed E-state index contributed by atoms with van der Waals surface area (Å²) in [6.45, 7) is 1.69. The number of carbonyl (C=O) groups is 2. The van der Waals surface area contributed by atoms with Gasteiger partial charge in [0.1, 0.15) is 6.04 Å². The molecule has 2 rings (SSSR count). The van der Waals surface area contributed by atoms with Gasteiger partial charge in [0.2, 0.25) is 0 Å². The normalized spacial score (nSPS) is 11.7. The Morgan fingerprint density at radius 1 is 1.25 bits per heavy atom. The van der Waals surface area contributed by atoms with E-state index in [4.69, 9.17) is 0 Å². The molecule has 2 amide bonds. The SMILES string of the molecule is CC(C(=O)NNC(=O)c1ccc(Br)cc1)n1cccn1. The fraction of sp³-hybridized carbons (Fsp3) is 0.154. The monoisotopic (exact) mass is 336 g/mol. The number of halogens is 1. The highest BCUT2D eigenvalue weighted by molar-refractivity contribution is 9.10. The van der Waals surface area contributed by atoms with Gasteiger partial charge in [-0.3, -0.25) is 25.1 Å². The van der Waals surface area contributed by atoms with Crippen LogP contribution in [0.25, 0.3) is 0 Å². The molecule has 2 N–H and O–H groups in total. The van der Waals surface area contributed by atoms with E-state index >= 15 is 0 Å². The Morgan fingerprint density at radius 2 is 1.95 bits per heavy atom. The number of hydrogen-bond acceptors (Lipinski definition) is 3. The first-order valence-corrected chi connectivity index (χ1v) is 6.72. The number of benzene rings is 1. The Kier molecular flexibility index (Phi) is 4.52. The fourth-order valence-electron chi connectivity index (χ4n) is 1.53. The summed E-state index contributed by atoms with van der Waals surface area (Å²) in [4.78, 5) is 23.6. The van der Waals surface area contributed by atoms with Gasteiger partial charge in [-0.1, -0.05) is 15.9 Å². The molecule has 1 heterocycles. The van der Waals surface area contributed by atoms with Crippen LogP contribution in [0, 0.1) is 0 Å². The van der Waals surface area contributed by atoms with Crippen molar-refractivity contribution >= 4 is 27.7 Å². The zero-order chi connectivity index (χ0) is 14.5. The van der Waals surface area contributed by atoms with Crippen molar-refractivity contribution in [1.82, 2.24) is 20.6 Å². The van der Waals surface area contributed by atoms with Crippen molar-refractivity contribution in [2.24, 2.45) is 0 Å². The van der Waals surface area contributed by atoms with Gasteiger partial charge in [-0.25, -0.2) is 0 Å². The topological polar surface area (TPSA) is 76.0 Å². The zero-order valence-electron chi connectivity index (χ0n) is 10.7. The molecule has 0 saturated carbocycles. The minimum absolute atomic E-state index is 0.348. The third-order valence-electron chi connectivity index (χ3n) is 2.71. The van der Waals surface area contributed by atoms with E-state index in [-0.39, 0.29) is 11.8 Å². The molecule has 6 nitrogen and oxygen atoms in total. The molecule has 0 radical (unpaired) electrons. The van der Waals surface area contributed by atoms with Crippen LogP contribution in [0.2, 0.25) is 0 Å². The van der Waals surface area contributed by atoms with Gasteiger partial charge in [0.25, 0.3) is 11.8 Å². The number of hydrazine groups is 1. The minimum atomic E-state index is -0.504. The molecule has 104 valence electrons. The molecule has 1 atom stereocenters. The lowest BCUT2D eigenvalue weighted by Crippen LogP contribution is -2.44. The van der Waals surface area contributed by atoms with Crippen molar-refractivity contribution in [1.29, 1.82) is 0 Å². The third-order valence-corrected chi connectivity index (χ3v) is 3.24. The van der Waals surface area contributed by atoms with Gasteiger partial charge in [0.15, 0.2) is 0 Å². The summed E-state index contributed by atoms with van der Waals surface area (Å²) in [7, 11) is 0. The van der Waals surface area contributed by atoms with E-state index in [9.17, 15) is 9.59 Å². The maximum atomic E-state index is 11.8. The van der Waals surface area contributed by atoms with Crippen LogP contribution in [0.4, 0.5) is 0 Å². The van der Waals surface area contributed by atoms with Crippen LogP contribution in [-0.2, 0) is 4.79 Å². The minimum Gasteiger partial charge on any atom is -0.271 e. The third kappa shape index (κ3) is 3.45. The van der Waals surface area contributed by atoms with Crippen LogP contribution in [0.15, 0.2) is 47.2 Å². The van der Waals surface area contributed by atoms with Crippen LogP contribution in [0.3, 0.4) is 0 Å². The predicted octanol–water partition coefficient (Wildman–Crippen LogP) is 1.67. The van der Waals surface area contributed by atoms with Crippen LogP contribution in [0.1, 0.15) is 23.3 Å². The molecule has 7 heteroatoms. The highest BCUT2D eigenvalue weighted by Gasteiger charge is 2.15. The molecule has 0 spiro atoms. The Hall–Kier alpha value is -2.15. The Morgan fingerprint density at radius 3 is 2.55 bits per heavy atom. The second kappa shape index (κ2) is 6.33. The number of aromatic nitrogens is 2. The van der Waals surface area contributed by atoms with E-state index < -0.39 is 6.04 Å². The first-order chi connectivity index (χ1) is 9.58. The molecular formula is C13H13BrN4O2. The Bertz CT molecular complexity index is 595. The lowest BCUT2D eigenvalue weighted by molar-refractivity contribution is -0.124. The molecule has 0 aliphatic carbocycles. The predicted molar refractivity (Wildman–Crippen MR) is 76.7 cm³/mol. The summed E-state index contributed by atoms with van der Waals surface area (Å²) in [5.74, 6) is -0.724. The smallest absolute Gasteiger partial charge is 0.269 e. The summed E-state index contributed by atoms with van der Waals surface area (Å²) < 4.78 is 2.38. The molecule has 0 aliphatic heterocycles. The summed E-state index contributed by atoms with van der Waals surface area (Å²) in [6, 6.07) is 8.04. The molecule has 0 aliphatic rings. The average Bonchev–Trinajstić information content (AvgIpc) is 2.98. The van der Waals surface area contributed by atoms with Crippen molar-refractivity contribution in [3.05, 3.63) is 52.8 Å². The largest absolute Gasteiger partial charge is 0.271 e. The molecule has 20 heavy (non-hydrogen) atoms. The number of carbonyl (C=O) groups excluding carboxylic acids is 2. The standard InChI is InChI=1S/C13H13BrN4O2/c1-9(18-8-2-7-15-18)12(19)16-17-13(20)10-3-5-11(14)6-4-10/h2-9H,1H3,(H,16,19)(H,17,20). The zero-order valence-corrected chi connectivity index (χ0v) is 12.3. The number of nitrogens with one attached hydrogen (secondary N) is 2. The van der Waals surface area contributed by atoms with Crippen molar-refractivity contribution in [2.45, 2.75) is 13.0 Å². The van der Waals surface area contributed by atoms with Gasteiger partial charge in [-0.2, -0.15) is 5.10 Å². The van der Waals surface area contributed by atoms with Gasteiger partial charge >= 0.3 is 0 Å². The fourth-order valence-corrected chi connectivity index (χ4v) is 1.79. The number of nitrogens with zero attached hydrogens (tertiary/aromatic N) is 2. The lowest BCUT2D eigenvalue weighted by Gasteiger charge is -2.13. The van der Waals surface area contributed by atoms with E-state index in [2.05, 4.69) is 31.9 Å². The Labute approximate surface area is 124 Å². The van der Waals surface area contributed by atoms with Crippen molar-refractivity contribution in [2.75, 3.05) is 0 Å². The van der Waals surface area contributed by atoms with Crippen molar-refractivity contribution in [3.8, 4) is 0 Å². The number of rotatable bonds is 3. The van der Waals surface area contributed by atoms with Gasteiger partial charge in [0, 0.05) is 22.4 Å². The summed E-state index contributed by atoms with van der Waals surface area (Å²) in [5, 5.41) is 3.97. The molecule has 0 fully saturated rings. The maximum absolute atomic E-state index is 11.8. The quantitative estimate of drug-likeness (QED) is 0.837. The molecular weight excluding hydrogens is 324 g/mol. The van der Waals surface area contributed by atoms with E-state index in [1.807, 2.05) is 0 Å². The molecule has 1 aromatic carbocycles. The summed E-state index contributed by atoms with van der Waals surface area (Å²) in [6.07, 6.45) is 3.27. The highest BCUT2D eigenvalue weighted by atomic mass is 79.9. The first-order valence-electron chi connectivity index (χ1n) is 5.93. The average molecular weight is 337 g/mol. The Balaban J connectivity index is 1.90. The lowest BCUT2D eigenvalue weighted by atomic mass is 10.2. The highest BCUT2D eigenvalue weighted by Crippen LogP contribution is 2.10. The van der Waals surface area contributed by atoms with Crippen LogP contribution >= 0.6 is 15.9 Å². The second-order valence-corrected chi connectivity index (χ2v) is 5.03. The van der Waals surface area contributed by atoms with Crippen LogP contribution < -0.4 is 10.9 Å². The number of amides is 2. The maximum Gasteiger partial charge on any atom is 0.269 e. The van der Waals surface area contributed by atoms with E-state index in [1.165, 1.54) is 4.68 Å². The van der Waals surface area contributed by atoms with Gasteiger partial charge in [-0.15, -0.1) is 0 Å². The molecule has 0 saturated heterocycles. The van der Waals surface area contributed by atoms with E-state index in [1.54, 1.807) is 49.6 Å². The molecule has 1 aromatic heterocycles. The summed E-state index contributed by atoms with van der Waals surface area (Å²) in [5.41, 5.74) is 5.20. The van der Waals surface area contributed by atoms with Crippen molar-refractivity contribution < 1.29 is 9.59 Å². The molecule has 0 bridgehead atoms. The van der Waals surface area contributed by atoms with Gasteiger partial charge < -0.3 is 0 Å². The molecule has 2 aromatic rings. The van der Waals surface area contributed by atoms with Crippen LogP contribution in [-0.4, -0.2) is 21.6 Å². The van der Waals surface area contributed by atoms with Gasteiger partial charge in [0.05, 0.1) is 0 Å². The summed E-state index contributed by atoms with van der Waals surface area (Å²) >= 11 is 3.29. The van der Waals surface area contributed by atoms with Crippen LogP contribution in [0.5, 0.6) is 0 Å². The number of hydrogen-bond donors (Lipinski definition) is 2. The first kappa shape index (κ1) is 14.3. The second-order valence-electron chi connectivity index (χ2n) is 4.11. The molecule has 1 unspecified atom stereocenters.